The molecule has 0 aliphatic heterocycles. The van der Waals surface area contributed by atoms with Crippen molar-refractivity contribution in [3.8, 4) is 0 Å². The predicted molar refractivity (Wildman–Crippen MR) is 48.0 cm³/mol. The highest BCUT2D eigenvalue weighted by molar-refractivity contribution is 5.10. The molecule has 0 saturated heterocycles. The highest BCUT2D eigenvalue weighted by Crippen LogP contribution is 2.18. The first kappa shape index (κ1) is 9.26. The standard InChI is InChI=1S/C9H16N2O/c1-7(2)9-8(5-11(3)4)10-6-12-9/h6-7H,5H2,1-4H3. The second-order valence-electron chi connectivity index (χ2n) is 3.56. The van der Waals surface area contributed by atoms with Crippen LogP contribution < -0.4 is 0 Å². The summed E-state index contributed by atoms with van der Waals surface area (Å²) in [7, 11) is 4.05. The Morgan fingerprint density at radius 3 is 2.67 bits per heavy atom. The van der Waals surface area contributed by atoms with Crippen LogP contribution in [0.25, 0.3) is 0 Å². The molecule has 0 bridgehead atoms. The van der Waals surface area contributed by atoms with E-state index in [1.54, 1.807) is 0 Å². The van der Waals surface area contributed by atoms with E-state index in [4.69, 9.17) is 4.42 Å². The second kappa shape index (κ2) is 3.72. The van der Waals surface area contributed by atoms with Gasteiger partial charge in [-0.25, -0.2) is 4.98 Å². The summed E-state index contributed by atoms with van der Waals surface area (Å²) in [6.07, 6.45) is 1.52. The number of hydrogen-bond acceptors (Lipinski definition) is 3. The maximum absolute atomic E-state index is 5.29. The summed E-state index contributed by atoms with van der Waals surface area (Å²) in [6, 6.07) is 0. The lowest BCUT2D eigenvalue weighted by Gasteiger charge is -2.09. The van der Waals surface area contributed by atoms with E-state index < -0.39 is 0 Å². The number of oxazole rings is 1. The third-order valence-electron chi connectivity index (χ3n) is 1.66. The van der Waals surface area contributed by atoms with Gasteiger partial charge < -0.3 is 9.32 Å². The lowest BCUT2D eigenvalue weighted by Crippen LogP contribution is -2.12. The maximum atomic E-state index is 5.29. The minimum atomic E-state index is 0.419. The Morgan fingerprint density at radius 1 is 1.50 bits per heavy atom. The number of aromatic nitrogens is 1. The average Bonchev–Trinajstić information content (AvgIpc) is 2.33. The average molecular weight is 168 g/mol. The quantitative estimate of drug-likeness (QED) is 0.690. The molecule has 68 valence electrons. The van der Waals surface area contributed by atoms with Crippen LogP contribution in [0.1, 0.15) is 31.2 Å². The summed E-state index contributed by atoms with van der Waals surface area (Å²) >= 11 is 0. The van der Waals surface area contributed by atoms with Gasteiger partial charge in [0, 0.05) is 12.5 Å². The summed E-state index contributed by atoms with van der Waals surface area (Å²) < 4.78 is 5.29. The minimum Gasteiger partial charge on any atom is -0.448 e. The third kappa shape index (κ3) is 2.08. The lowest BCUT2D eigenvalue weighted by atomic mass is 10.1. The summed E-state index contributed by atoms with van der Waals surface area (Å²) in [5, 5.41) is 0. The molecule has 1 aromatic heterocycles. The zero-order chi connectivity index (χ0) is 9.14. The molecule has 0 unspecified atom stereocenters. The molecule has 0 N–H and O–H groups in total. The summed E-state index contributed by atoms with van der Waals surface area (Å²) in [4.78, 5) is 6.26. The van der Waals surface area contributed by atoms with Crippen LogP contribution in [-0.2, 0) is 6.54 Å². The van der Waals surface area contributed by atoms with Crippen molar-refractivity contribution >= 4 is 0 Å². The van der Waals surface area contributed by atoms with Crippen molar-refractivity contribution in [3.63, 3.8) is 0 Å². The van der Waals surface area contributed by atoms with Gasteiger partial charge in [0.25, 0.3) is 0 Å². The van der Waals surface area contributed by atoms with E-state index in [0.29, 0.717) is 5.92 Å². The molecule has 3 nitrogen and oxygen atoms in total. The van der Waals surface area contributed by atoms with Crippen molar-refractivity contribution in [1.82, 2.24) is 9.88 Å². The Hall–Kier alpha value is -0.830. The Balaban J connectivity index is 2.77. The summed E-state index contributed by atoms with van der Waals surface area (Å²) in [6.45, 7) is 5.07. The van der Waals surface area contributed by atoms with Gasteiger partial charge in [0.1, 0.15) is 5.76 Å². The Labute approximate surface area is 73.4 Å². The lowest BCUT2D eigenvalue weighted by molar-refractivity contribution is 0.388. The van der Waals surface area contributed by atoms with E-state index in [-0.39, 0.29) is 0 Å². The van der Waals surface area contributed by atoms with Crippen molar-refractivity contribution in [2.24, 2.45) is 0 Å². The van der Waals surface area contributed by atoms with Gasteiger partial charge in [-0.2, -0.15) is 0 Å². The van der Waals surface area contributed by atoms with Gasteiger partial charge >= 0.3 is 0 Å². The normalized spacial score (nSPS) is 11.5. The van der Waals surface area contributed by atoms with Crippen LogP contribution in [0.2, 0.25) is 0 Å². The van der Waals surface area contributed by atoms with Gasteiger partial charge in [0.15, 0.2) is 6.39 Å². The molecule has 0 aliphatic carbocycles. The molecular formula is C9H16N2O. The van der Waals surface area contributed by atoms with Crippen molar-refractivity contribution in [1.29, 1.82) is 0 Å². The van der Waals surface area contributed by atoms with Crippen LogP contribution in [0.4, 0.5) is 0 Å². The van der Waals surface area contributed by atoms with Crippen LogP contribution in [0.5, 0.6) is 0 Å². The number of nitrogens with zero attached hydrogens (tertiary/aromatic N) is 2. The van der Waals surface area contributed by atoms with Crippen LogP contribution >= 0.6 is 0 Å². The highest BCUT2D eigenvalue weighted by Gasteiger charge is 2.11. The molecule has 1 aromatic rings. The van der Waals surface area contributed by atoms with Gasteiger partial charge in [0.2, 0.25) is 0 Å². The molecule has 3 heteroatoms. The topological polar surface area (TPSA) is 29.3 Å². The Bertz CT molecular complexity index is 240. The van der Waals surface area contributed by atoms with Gasteiger partial charge in [-0.3, -0.25) is 0 Å². The fourth-order valence-corrected chi connectivity index (χ4v) is 1.17. The van der Waals surface area contributed by atoms with Crippen molar-refractivity contribution in [2.75, 3.05) is 14.1 Å². The third-order valence-corrected chi connectivity index (χ3v) is 1.66. The second-order valence-corrected chi connectivity index (χ2v) is 3.56. The maximum Gasteiger partial charge on any atom is 0.181 e. The first-order valence-corrected chi connectivity index (χ1v) is 4.18. The first-order valence-electron chi connectivity index (χ1n) is 4.18. The van der Waals surface area contributed by atoms with Gasteiger partial charge in [-0.1, -0.05) is 13.8 Å². The molecule has 0 saturated carbocycles. The molecule has 0 atom stereocenters. The van der Waals surface area contributed by atoms with Crippen LogP contribution in [0, 0.1) is 0 Å². The first-order chi connectivity index (χ1) is 5.61. The fourth-order valence-electron chi connectivity index (χ4n) is 1.17. The molecule has 1 heterocycles. The van der Waals surface area contributed by atoms with E-state index in [9.17, 15) is 0 Å². The molecule has 0 fully saturated rings. The zero-order valence-electron chi connectivity index (χ0n) is 8.16. The van der Waals surface area contributed by atoms with Crippen molar-refractivity contribution in [2.45, 2.75) is 26.3 Å². The fraction of sp³-hybridized carbons (Fsp3) is 0.667. The smallest absolute Gasteiger partial charge is 0.181 e. The summed E-state index contributed by atoms with van der Waals surface area (Å²) in [5.74, 6) is 1.42. The molecule has 1 rings (SSSR count). The van der Waals surface area contributed by atoms with E-state index in [1.807, 2.05) is 14.1 Å². The van der Waals surface area contributed by atoms with Crippen LogP contribution in [-0.4, -0.2) is 24.0 Å². The predicted octanol–water partition coefficient (Wildman–Crippen LogP) is 1.86. The van der Waals surface area contributed by atoms with Gasteiger partial charge in [-0.15, -0.1) is 0 Å². The molecule has 0 aromatic carbocycles. The SMILES string of the molecule is CC(C)c1ocnc1CN(C)C. The van der Waals surface area contributed by atoms with Crippen LogP contribution in [0.15, 0.2) is 10.8 Å². The van der Waals surface area contributed by atoms with Crippen molar-refractivity contribution < 1.29 is 4.42 Å². The Kier molecular flexibility index (Phi) is 2.87. The molecular weight excluding hydrogens is 152 g/mol. The monoisotopic (exact) mass is 168 g/mol. The number of hydrogen-bond donors (Lipinski definition) is 0. The van der Waals surface area contributed by atoms with Gasteiger partial charge in [0.05, 0.1) is 5.69 Å². The van der Waals surface area contributed by atoms with Gasteiger partial charge in [-0.05, 0) is 14.1 Å². The molecule has 0 amide bonds. The molecule has 0 spiro atoms. The molecule has 12 heavy (non-hydrogen) atoms. The Morgan fingerprint density at radius 2 is 2.17 bits per heavy atom. The molecule has 0 aliphatic rings. The largest absolute Gasteiger partial charge is 0.448 e. The van der Waals surface area contributed by atoms with Crippen LogP contribution in [0.3, 0.4) is 0 Å². The van der Waals surface area contributed by atoms with E-state index >= 15 is 0 Å². The van der Waals surface area contributed by atoms with E-state index in [0.717, 1.165) is 18.0 Å². The van der Waals surface area contributed by atoms with E-state index in [1.165, 1.54) is 6.39 Å². The number of rotatable bonds is 3. The van der Waals surface area contributed by atoms with Crippen molar-refractivity contribution in [3.05, 3.63) is 17.8 Å². The summed E-state index contributed by atoms with van der Waals surface area (Å²) in [5.41, 5.74) is 1.05. The van der Waals surface area contributed by atoms with E-state index in [2.05, 4.69) is 23.7 Å². The molecule has 0 radical (unpaired) electrons. The highest BCUT2D eigenvalue weighted by atomic mass is 16.3. The minimum absolute atomic E-state index is 0.419. The zero-order valence-corrected chi connectivity index (χ0v) is 8.16.